The summed E-state index contributed by atoms with van der Waals surface area (Å²) in [5, 5.41) is 0. The predicted molar refractivity (Wildman–Crippen MR) is 73.2 cm³/mol. The first-order chi connectivity index (χ1) is 8.27. The van der Waals surface area contributed by atoms with E-state index in [0.29, 0.717) is 0 Å². The van der Waals surface area contributed by atoms with Crippen LogP contribution in [0.25, 0.3) is 0 Å². The average Bonchev–Trinajstić information content (AvgIpc) is 2.40. The van der Waals surface area contributed by atoms with Gasteiger partial charge in [-0.1, -0.05) is 36.4 Å². The highest BCUT2D eigenvalue weighted by Gasteiger charge is 2.05. The summed E-state index contributed by atoms with van der Waals surface area (Å²) in [5.41, 5.74) is 2.35. The highest BCUT2D eigenvalue weighted by molar-refractivity contribution is 5.75. The molecule has 0 radical (unpaired) electrons. The van der Waals surface area contributed by atoms with E-state index in [0.717, 1.165) is 0 Å². The second kappa shape index (κ2) is 7.16. The van der Waals surface area contributed by atoms with Crippen LogP contribution in [-0.4, -0.2) is 25.0 Å². The molecular weight excluding hydrogens is 335 g/mol. The third-order valence-corrected chi connectivity index (χ3v) is 2.67. The molecule has 0 saturated carbocycles. The van der Waals surface area contributed by atoms with Crippen LogP contribution >= 0.6 is 0 Å². The molecule has 94 valence electrons. The maximum atomic E-state index is 2.10. The quantitative estimate of drug-likeness (QED) is 0.330. The van der Waals surface area contributed by atoms with E-state index in [9.17, 15) is 0 Å². The van der Waals surface area contributed by atoms with Gasteiger partial charge < -0.3 is 24.0 Å². The smallest absolute Gasteiger partial charge is 0.244 e. The van der Waals surface area contributed by atoms with Gasteiger partial charge in [0.25, 0.3) is 0 Å². The number of rotatable bonds is 3. The van der Waals surface area contributed by atoms with E-state index in [2.05, 4.69) is 54.2 Å². The lowest BCUT2D eigenvalue weighted by molar-refractivity contribution is -0.400. The Balaban J connectivity index is 0.00000162. The first-order valence-corrected chi connectivity index (χ1v) is 5.68. The summed E-state index contributed by atoms with van der Waals surface area (Å²) in [6.07, 6.45) is 2.07. The van der Waals surface area contributed by atoms with Gasteiger partial charge in [0.2, 0.25) is 6.34 Å². The van der Waals surface area contributed by atoms with E-state index in [1.165, 1.54) is 11.4 Å². The Morgan fingerprint density at radius 3 is 1.94 bits per heavy atom. The molecule has 0 unspecified atom stereocenters. The zero-order valence-electron chi connectivity index (χ0n) is 10.6. The van der Waals surface area contributed by atoms with Crippen molar-refractivity contribution in [3.05, 3.63) is 60.7 Å². The van der Waals surface area contributed by atoms with Crippen molar-refractivity contribution in [2.75, 3.05) is 19.0 Å². The van der Waals surface area contributed by atoms with Crippen LogP contribution in [0.2, 0.25) is 0 Å². The Morgan fingerprint density at radius 2 is 1.39 bits per heavy atom. The van der Waals surface area contributed by atoms with Crippen LogP contribution < -0.4 is 28.9 Å². The number of hydrogen-bond donors (Lipinski definition) is 0. The van der Waals surface area contributed by atoms with Crippen LogP contribution in [0.5, 0.6) is 0 Å². The molecule has 2 aromatic carbocycles. The zero-order chi connectivity index (χ0) is 12.1. The van der Waals surface area contributed by atoms with Gasteiger partial charge in [-0.05, 0) is 24.3 Å². The molecule has 0 aliphatic rings. The van der Waals surface area contributed by atoms with Gasteiger partial charge in [0.05, 0.1) is 14.1 Å². The molecule has 18 heavy (non-hydrogen) atoms. The van der Waals surface area contributed by atoms with Crippen LogP contribution in [0.4, 0.5) is 11.4 Å². The van der Waals surface area contributed by atoms with Crippen molar-refractivity contribution in [3.8, 4) is 0 Å². The summed E-state index contributed by atoms with van der Waals surface area (Å²) in [6, 6.07) is 20.6. The molecule has 0 bridgehead atoms. The topological polar surface area (TPSA) is 6.25 Å². The summed E-state index contributed by atoms with van der Waals surface area (Å²) in [6.45, 7) is 0. The molecule has 0 heterocycles. The second-order valence-corrected chi connectivity index (χ2v) is 4.01. The number of halogens is 1. The van der Waals surface area contributed by atoms with Gasteiger partial charge in [0.1, 0.15) is 11.4 Å². The minimum Gasteiger partial charge on any atom is -1.00 e. The number of para-hydroxylation sites is 2. The Bertz CT molecular complexity index is 494. The fraction of sp³-hybridized carbons (Fsp3) is 0.133. The molecule has 0 spiro atoms. The Kier molecular flexibility index (Phi) is 5.85. The van der Waals surface area contributed by atoms with Gasteiger partial charge in [-0.2, -0.15) is 0 Å². The molecule has 0 aliphatic heterocycles. The van der Waals surface area contributed by atoms with Gasteiger partial charge in [0.15, 0.2) is 0 Å². The van der Waals surface area contributed by atoms with Crippen molar-refractivity contribution < 1.29 is 28.6 Å². The summed E-state index contributed by atoms with van der Waals surface area (Å²) in [7, 11) is 4.10. The summed E-state index contributed by atoms with van der Waals surface area (Å²) in [4.78, 5) is 2.10. The van der Waals surface area contributed by atoms with Crippen LogP contribution in [0.1, 0.15) is 0 Å². The predicted octanol–water partition coefficient (Wildman–Crippen LogP) is 0.129. The van der Waals surface area contributed by atoms with E-state index in [1.54, 1.807) is 0 Å². The first kappa shape index (κ1) is 14.7. The Morgan fingerprint density at radius 1 is 0.889 bits per heavy atom. The summed E-state index contributed by atoms with van der Waals surface area (Å²) in [5.74, 6) is 0. The van der Waals surface area contributed by atoms with E-state index in [-0.39, 0.29) is 24.0 Å². The largest absolute Gasteiger partial charge is 1.00 e. The van der Waals surface area contributed by atoms with E-state index >= 15 is 0 Å². The van der Waals surface area contributed by atoms with Gasteiger partial charge in [0, 0.05) is 0 Å². The van der Waals surface area contributed by atoms with Gasteiger partial charge in [-0.3, -0.25) is 0 Å². The molecule has 0 amide bonds. The summed E-state index contributed by atoms with van der Waals surface area (Å²) >= 11 is 0. The second-order valence-electron chi connectivity index (χ2n) is 4.01. The third kappa shape index (κ3) is 3.84. The standard InChI is InChI=1S/C15H17N2.HI/c1-16(14-9-5-3-6-10-14)13-17(2)15-11-7-4-8-12-15;/h3-13H,1-2H3;1H/q+1;/p-1. The lowest BCUT2D eigenvalue weighted by Gasteiger charge is -2.08. The van der Waals surface area contributed by atoms with Crippen LogP contribution in [-0.2, 0) is 0 Å². The van der Waals surface area contributed by atoms with Crippen molar-refractivity contribution in [1.29, 1.82) is 0 Å². The molecular formula is C15H17IN2. The fourth-order valence-corrected chi connectivity index (χ4v) is 1.72. The maximum Gasteiger partial charge on any atom is 0.244 e. The normalized spacial score (nSPS) is 10.7. The van der Waals surface area contributed by atoms with Gasteiger partial charge in [-0.15, -0.1) is 0 Å². The fourth-order valence-electron chi connectivity index (χ4n) is 1.72. The maximum absolute atomic E-state index is 2.10. The lowest BCUT2D eigenvalue weighted by atomic mass is 10.3. The molecule has 3 heteroatoms. The molecule has 2 rings (SSSR count). The van der Waals surface area contributed by atoms with Crippen molar-refractivity contribution in [1.82, 2.24) is 0 Å². The SMILES string of the molecule is CN(C=[N+](C)c1ccccc1)c1ccccc1.[I-]. The van der Waals surface area contributed by atoms with Crippen molar-refractivity contribution in [2.45, 2.75) is 0 Å². The van der Waals surface area contributed by atoms with E-state index in [1.807, 2.05) is 36.4 Å². The molecule has 0 aliphatic carbocycles. The Hall–Kier alpha value is -1.36. The molecule has 2 aromatic rings. The monoisotopic (exact) mass is 352 g/mol. The Labute approximate surface area is 126 Å². The molecule has 2 nitrogen and oxygen atoms in total. The first-order valence-electron chi connectivity index (χ1n) is 5.68. The van der Waals surface area contributed by atoms with Gasteiger partial charge in [-0.25, -0.2) is 9.48 Å². The molecule has 0 N–H and O–H groups in total. The molecule has 0 fully saturated rings. The lowest BCUT2D eigenvalue weighted by Crippen LogP contribution is -3.00. The highest BCUT2D eigenvalue weighted by atomic mass is 127. The number of nitrogens with zero attached hydrogens (tertiary/aromatic N) is 2. The average molecular weight is 352 g/mol. The minimum absolute atomic E-state index is 0. The molecule has 0 aromatic heterocycles. The number of benzene rings is 2. The molecule has 0 atom stereocenters. The van der Waals surface area contributed by atoms with Crippen LogP contribution in [0.15, 0.2) is 60.7 Å². The third-order valence-electron chi connectivity index (χ3n) is 2.67. The summed E-state index contributed by atoms with van der Waals surface area (Å²) < 4.78 is 2.10. The van der Waals surface area contributed by atoms with E-state index < -0.39 is 0 Å². The zero-order valence-corrected chi connectivity index (χ0v) is 12.8. The van der Waals surface area contributed by atoms with Gasteiger partial charge >= 0.3 is 0 Å². The van der Waals surface area contributed by atoms with Crippen LogP contribution in [0, 0.1) is 0 Å². The van der Waals surface area contributed by atoms with E-state index in [4.69, 9.17) is 0 Å². The molecule has 0 saturated heterocycles. The van der Waals surface area contributed by atoms with Crippen molar-refractivity contribution >= 4 is 17.7 Å². The van der Waals surface area contributed by atoms with Crippen LogP contribution in [0.3, 0.4) is 0 Å². The van der Waals surface area contributed by atoms with Crippen molar-refractivity contribution in [2.24, 2.45) is 0 Å². The highest BCUT2D eigenvalue weighted by Crippen LogP contribution is 2.11. The minimum atomic E-state index is 0. The number of hydrogen-bond acceptors (Lipinski definition) is 0. The number of anilines is 1. The van der Waals surface area contributed by atoms with Crippen molar-refractivity contribution in [3.63, 3.8) is 0 Å².